The third-order valence-corrected chi connectivity index (χ3v) is 6.46. The fourth-order valence-electron chi connectivity index (χ4n) is 3.75. The summed E-state index contributed by atoms with van der Waals surface area (Å²) in [4.78, 5) is 50.6. The van der Waals surface area contributed by atoms with E-state index in [1.54, 1.807) is 38.1 Å². The number of esters is 2. The number of hydrogen-bond donors (Lipinski definition) is 2. The van der Waals surface area contributed by atoms with E-state index in [0.29, 0.717) is 22.0 Å². The van der Waals surface area contributed by atoms with Gasteiger partial charge in [-0.05, 0) is 56.2 Å². The number of ether oxygens (including phenoxy) is 2. The highest BCUT2D eigenvalue weighted by atomic mass is 32.1. The Balaban J connectivity index is 1.73. The average molecular weight is 499 g/mol. The van der Waals surface area contributed by atoms with E-state index in [0.717, 1.165) is 29.7 Å². The molecule has 1 aliphatic rings. The first-order chi connectivity index (χ1) is 16.6. The highest BCUT2D eigenvalue weighted by Gasteiger charge is 2.30. The van der Waals surface area contributed by atoms with Crippen molar-refractivity contribution in [2.75, 3.05) is 11.9 Å². The summed E-state index contributed by atoms with van der Waals surface area (Å²) < 4.78 is 10.6. The number of rotatable bonds is 8. The SMILES string of the molecule is CC(=O)N/C(=C\c1ccccc1)C(=O)OCC(=O)Nc1sc2c(c1C(=O)OC(C)C)CCC(C)C2. The standard InChI is InChI=1S/C26H30N2O6S/c1-15(2)34-26(32)23-19-11-10-16(3)12-21(19)35-24(23)28-22(30)14-33-25(31)20(27-17(4)29)13-18-8-6-5-7-9-18/h5-9,13,15-16H,10-12,14H2,1-4H3,(H,27,29)(H,28,30)/b20-13-. The molecule has 2 aromatic rings. The number of fused-ring (bicyclic) bond motifs is 1. The van der Waals surface area contributed by atoms with E-state index < -0.39 is 30.4 Å². The molecule has 0 radical (unpaired) electrons. The van der Waals surface area contributed by atoms with Crippen LogP contribution >= 0.6 is 11.3 Å². The van der Waals surface area contributed by atoms with E-state index in [2.05, 4.69) is 17.6 Å². The van der Waals surface area contributed by atoms with Crippen molar-refractivity contribution in [2.45, 2.75) is 53.1 Å². The van der Waals surface area contributed by atoms with Crippen molar-refractivity contribution in [2.24, 2.45) is 5.92 Å². The molecule has 0 spiro atoms. The largest absolute Gasteiger partial charge is 0.459 e. The number of anilines is 1. The van der Waals surface area contributed by atoms with Gasteiger partial charge < -0.3 is 20.1 Å². The molecule has 186 valence electrons. The van der Waals surface area contributed by atoms with Gasteiger partial charge in [0.1, 0.15) is 10.7 Å². The van der Waals surface area contributed by atoms with E-state index in [9.17, 15) is 19.2 Å². The molecule has 1 atom stereocenters. The van der Waals surface area contributed by atoms with E-state index in [-0.39, 0.29) is 11.8 Å². The Bertz CT molecular complexity index is 1140. The molecule has 1 aromatic heterocycles. The van der Waals surface area contributed by atoms with Crippen molar-refractivity contribution in [3.05, 3.63) is 57.6 Å². The number of amides is 2. The summed E-state index contributed by atoms with van der Waals surface area (Å²) >= 11 is 1.36. The Morgan fingerprint density at radius 1 is 1.17 bits per heavy atom. The molecule has 2 N–H and O–H groups in total. The quantitative estimate of drug-likeness (QED) is 0.419. The third kappa shape index (κ3) is 7.26. The molecular formula is C26H30N2O6S. The van der Waals surface area contributed by atoms with Gasteiger partial charge in [0.15, 0.2) is 6.61 Å². The van der Waals surface area contributed by atoms with Gasteiger partial charge in [-0.15, -0.1) is 11.3 Å². The van der Waals surface area contributed by atoms with Gasteiger partial charge in [0.25, 0.3) is 5.91 Å². The lowest BCUT2D eigenvalue weighted by Crippen LogP contribution is -2.29. The molecule has 1 heterocycles. The van der Waals surface area contributed by atoms with Crippen LogP contribution in [0.4, 0.5) is 5.00 Å². The van der Waals surface area contributed by atoms with Crippen LogP contribution in [0.2, 0.25) is 0 Å². The number of carbonyl (C=O) groups excluding carboxylic acids is 4. The van der Waals surface area contributed by atoms with Crippen molar-refractivity contribution >= 4 is 46.2 Å². The summed E-state index contributed by atoms with van der Waals surface area (Å²) in [6.45, 7) is 6.39. The molecule has 3 rings (SSSR count). The minimum atomic E-state index is -0.849. The first kappa shape index (κ1) is 26.2. The number of thiophene rings is 1. The van der Waals surface area contributed by atoms with Gasteiger partial charge in [-0.3, -0.25) is 9.59 Å². The molecule has 0 aliphatic heterocycles. The number of benzene rings is 1. The predicted molar refractivity (Wildman–Crippen MR) is 134 cm³/mol. The molecular weight excluding hydrogens is 468 g/mol. The molecule has 1 unspecified atom stereocenters. The first-order valence-electron chi connectivity index (χ1n) is 11.5. The second-order valence-corrected chi connectivity index (χ2v) is 9.89. The monoisotopic (exact) mass is 498 g/mol. The van der Waals surface area contributed by atoms with Crippen LogP contribution in [-0.2, 0) is 36.7 Å². The lowest BCUT2D eigenvalue weighted by Gasteiger charge is -2.18. The Kier molecular flexibility index (Phi) is 8.81. The second kappa shape index (κ2) is 11.8. The lowest BCUT2D eigenvalue weighted by atomic mass is 9.88. The Hall–Kier alpha value is -3.46. The average Bonchev–Trinajstić information content (AvgIpc) is 3.13. The van der Waals surface area contributed by atoms with Crippen molar-refractivity contribution in [1.82, 2.24) is 5.32 Å². The van der Waals surface area contributed by atoms with Gasteiger partial charge in [0.2, 0.25) is 5.91 Å². The number of nitrogens with one attached hydrogen (secondary N) is 2. The van der Waals surface area contributed by atoms with Crippen molar-refractivity contribution < 1.29 is 28.7 Å². The number of hydrogen-bond acceptors (Lipinski definition) is 7. The maximum atomic E-state index is 12.8. The summed E-state index contributed by atoms with van der Waals surface area (Å²) in [5, 5.41) is 5.55. The third-order valence-electron chi connectivity index (χ3n) is 5.29. The van der Waals surface area contributed by atoms with Crippen LogP contribution in [0.1, 0.15) is 60.5 Å². The molecule has 0 saturated heterocycles. The summed E-state index contributed by atoms with van der Waals surface area (Å²) in [7, 11) is 0. The van der Waals surface area contributed by atoms with Gasteiger partial charge in [-0.1, -0.05) is 37.3 Å². The molecule has 1 aliphatic carbocycles. The van der Waals surface area contributed by atoms with Gasteiger partial charge in [-0.25, -0.2) is 9.59 Å². The minimum absolute atomic E-state index is 0.0849. The normalized spacial score (nSPS) is 15.2. The fourth-order valence-corrected chi connectivity index (χ4v) is 5.17. The van der Waals surface area contributed by atoms with Crippen LogP contribution in [0.3, 0.4) is 0 Å². The van der Waals surface area contributed by atoms with Gasteiger partial charge in [-0.2, -0.15) is 0 Å². The van der Waals surface area contributed by atoms with E-state index in [1.165, 1.54) is 24.3 Å². The van der Waals surface area contributed by atoms with Crippen molar-refractivity contribution in [1.29, 1.82) is 0 Å². The first-order valence-corrected chi connectivity index (χ1v) is 12.3. The molecule has 0 saturated carbocycles. The van der Waals surface area contributed by atoms with Crippen LogP contribution in [-0.4, -0.2) is 36.5 Å². The van der Waals surface area contributed by atoms with Gasteiger partial charge >= 0.3 is 11.9 Å². The zero-order valence-corrected chi connectivity index (χ0v) is 21.1. The summed E-state index contributed by atoms with van der Waals surface area (Å²) in [6.07, 6.45) is 3.70. The van der Waals surface area contributed by atoms with Gasteiger partial charge in [0.05, 0.1) is 11.7 Å². The van der Waals surface area contributed by atoms with Crippen LogP contribution in [0, 0.1) is 5.92 Å². The molecule has 0 bridgehead atoms. The maximum Gasteiger partial charge on any atom is 0.355 e. The summed E-state index contributed by atoms with van der Waals surface area (Å²) in [6, 6.07) is 8.93. The van der Waals surface area contributed by atoms with E-state index in [1.807, 2.05) is 6.07 Å². The molecule has 9 heteroatoms. The highest BCUT2D eigenvalue weighted by Crippen LogP contribution is 2.40. The smallest absolute Gasteiger partial charge is 0.355 e. The van der Waals surface area contributed by atoms with Crippen molar-refractivity contribution in [3.63, 3.8) is 0 Å². The van der Waals surface area contributed by atoms with Crippen molar-refractivity contribution in [3.8, 4) is 0 Å². The van der Waals surface area contributed by atoms with E-state index >= 15 is 0 Å². The zero-order chi connectivity index (χ0) is 25.5. The Labute approximate surface area is 208 Å². The molecule has 8 nitrogen and oxygen atoms in total. The zero-order valence-electron chi connectivity index (χ0n) is 20.3. The molecule has 1 aromatic carbocycles. The van der Waals surface area contributed by atoms with E-state index in [4.69, 9.17) is 9.47 Å². The topological polar surface area (TPSA) is 111 Å². The van der Waals surface area contributed by atoms with Gasteiger partial charge in [0, 0.05) is 11.8 Å². The molecule has 0 fully saturated rings. The second-order valence-electron chi connectivity index (χ2n) is 8.78. The summed E-state index contributed by atoms with van der Waals surface area (Å²) in [5.74, 6) is -1.87. The predicted octanol–water partition coefficient (Wildman–Crippen LogP) is 4.10. The van der Waals surface area contributed by atoms with Crippen LogP contribution < -0.4 is 10.6 Å². The maximum absolute atomic E-state index is 12.8. The Morgan fingerprint density at radius 2 is 1.89 bits per heavy atom. The minimum Gasteiger partial charge on any atom is -0.459 e. The van der Waals surface area contributed by atoms with Crippen LogP contribution in [0.5, 0.6) is 0 Å². The fraction of sp³-hybridized carbons (Fsp3) is 0.385. The summed E-state index contributed by atoms with van der Waals surface area (Å²) in [5.41, 5.74) is 1.90. The Morgan fingerprint density at radius 3 is 2.54 bits per heavy atom. The van der Waals surface area contributed by atoms with Crippen LogP contribution in [0.15, 0.2) is 36.0 Å². The highest BCUT2D eigenvalue weighted by molar-refractivity contribution is 7.17. The molecule has 2 amide bonds. The molecule has 35 heavy (non-hydrogen) atoms. The lowest BCUT2D eigenvalue weighted by molar-refractivity contribution is -0.144. The number of carbonyl (C=O) groups is 4. The van der Waals surface area contributed by atoms with Crippen LogP contribution in [0.25, 0.3) is 6.08 Å².